The van der Waals surface area contributed by atoms with Crippen LogP contribution < -0.4 is 15.2 Å². The van der Waals surface area contributed by atoms with E-state index in [1.54, 1.807) is 30.3 Å². The van der Waals surface area contributed by atoms with E-state index in [9.17, 15) is 34.6 Å². The third kappa shape index (κ3) is 5.54. The first-order valence-electron chi connectivity index (χ1n) is 10.6. The molecule has 0 radical (unpaired) electrons. The van der Waals surface area contributed by atoms with Gasteiger partial charge in [0.25, 0.3) is 23.2 Å². The van der Waals surface area contributed by atoms with Crippen molar-refractivity contribution in [2.45, 2.75) is 0 Å². The number of nitro groups is 2. The number of non-ortho nitro benzene ring substituents is 2. The van der Waals surface area contributed by atoms with Gasteiger partial charge >= 0.3 is 5.97 Å². The Morgan fingerprint density at radius 2 is 1.54 bits per heavy atom. The van der Waals surface area contributed by atoms with Gasteiger partial charge in [0.15, 0.2) is 0 Å². The number of ether oxygens (including phenoxy) is 1. The van der Waals surface area contributed by atoms with Gasteiger partial charge in [-0.05, 0) is 48.0 Å². The quantitative estimate of drug-likeness (QED) is 0.129. The molecule has 37 heavy (non-hydrogen) atoms. The third-order valence-corrected chi connectivity index (χ3v) is 5.14. The summed E-state index contributed by atoms with van der Waals surface area (Å²) in [6.45, 7) is 0. The molecule has 0 atom stereocenters. The first-order chi connectivity index (χ1) is 17.7. The van der Waals surface area contributed by atoms with Crippen molar-refractivity contribution in [1.29, 1.82) is 0 Å². The summed E-state index contributed by atoms with van der Waals surface area (Å²) in [7, 11) is 0. The van der Waals surface area contributed by atoms with E-state index in [2.05, 4.69) is 5.43 Å². The molecule has 1 N–H and O–H groups in total. The highest BCUT2D eigenvalue weighted by Crippen LogP contribution is 2.29. The zero-order chi connectivity index (χ0) is 26.5. The predicted molar refractivity (Wildman–Crippen MR) is 131 cm³/mol. The zero-order valence-electron chi connectivity index (χ0n) is 18.8. The lowest BCUT2D eigenvalue weighted by Crippen LogP contribution is -2.35. The van der Waals surface area contributed by atoms with Gasteiger partial charge in [-0.2, -0.15) is 0 Å². The molecular formula is C25H16N4O8. The maximum absolute atomic E-state index is 12.9. The maximum atomic E-state index is 12.9. The molecule has 12 heteroatoms. The number of nitrogens with one attached hydrogen (secondary N) is 1. The minimum absolute atomic E-state index is 0.0419. The second kappa shape index (κ2) is 10.3. The lowest BCUT2D eigenvalue weighted by Gasteiger charge is -2.13. The average Bonchev–Trinajstić information content (AvgIpc) is 3.17. The minimum Gasteiger partial charge on any atom is -0.423 e. The van der Waals surface area contributed by atoms with Gasteiger partial charge in [-0.25, -0.2) is 9.80 Å². The number of esters is 1. The van der Waals surface area contributed by atoms with Crippen LogP contribution in [0.3, 0.4) is 0 Å². The highest BCUT2D eigenvalue weighted by molar-refractivity contribution is 6.31. The van der Waals surface area contributed by atoms with E-state index in [-0.39, 0.29) is 28.3 Å². The molecule has 0 saturated carbocycles. The summed E-state index contributed by atoms with van der Waals surface area (Å²) in [6, 6.07) is 17.1. The topological polar surface area (TPSA) is 162 Å². The fraction of sp³-hybridized carbons (Fsp3) is 0. The standard InChI is InChI=1S/C25H16N4O8/c30-23(13-8-16-6-9-19(10-7-16)28(33)34)37-22-12-11-20(29(35)36)14-17(22)15-21-24(31)26-27(25(21)32)18-4-2-1-3-5-18/h1-15H,(H,26,31)/b13-8+,21-15-. The lowest BCUT2D eigenvalue weighted by atomic mass is 10.1. The van der Waals surface area contributed by atoms with Crippen molar-refractivity contribution < 1.29 is 29.0 Å². The highest BCUT2D eigenvalue weighted by Gasteiger charge is 2.34. The van der Waals surface area contributed by atoms with Crippen molar-refractivity contribution in [3.8, 4) is 5.75 Å². The van der Waals surface area contributed by atoms with Crippen LogP contribution in [0.4, 0.5) is 17.1 Å². The SMILES string of the molecule is O=C(/C=C/c1ccc([N+](=O)[O-])cc1)Oc1ccc([N+](=O)[O-])cc1/C=C1/C(=O)NN(c2ccccc2)C1=O. The van der Waals surface area contributed by atoms with E-state index in [4.69, 9.17) is 4.74 Å². The maximum Gasteiger partial charge on any atom is 0.336 e. The predicted octanol–water partition coefficient (Wildman–Crippen LogP) is 3.58. The number of nitro benzene ring substituents is 2. The molecule has 1 aliphatic rings. The Balaban J connectivity index is 1.60. The Hall–Kier alpha value is -5.65. The molecule has 3 aromatic rings. The molecule has 0 bridgehead atoms. The number of rotatable bonds is 7. The second-order valence-electron chi connectivity index (χ2n) is 7.56. The molecule has 1 saturated heterocycles. The summed E-state index contributed by atoms with van der Waals surface area (Å²) in [6.07, 6.45) is 3.53. The van der Waals surface area contributed by atoms with Gasteiger partial charge in [0, 0.05) is 35.9 Å². The summed E-state index contributed by atoms with van der Waals surface area (Å²) in [5.74, 6) is -2.43. The van der Waals surface area contributed by atoms with E-state index in [0.717, 1.165) is 29.3 Å². The number of para-hydroxylation sites is 1. The monoisotopic (exact) mass is 500 g/mol. The van der Waals surface area contributed by atoms with E-state index >= 15 is 0 Å². The fourth-order valence-electron chi connectivity index (χ4n) is 3.34. The Labute approximate surface area is 208 Å². The zero-order valence-corrected chi connectivity index (χ0v) is 18.8. The number of hydrogen-bond donors (Lipinski definition) is 1. The van der Waals surface area contributed by atoms with Gasteiger partial charge in [-0.15, -0.1) is 0 Å². The summed E-state index contributed by atoms with van der Waals surface area (Å²) in [4.78, 5) is 58.6. The first kappa shape index (κ1) is 24.5. The van der Waals surface area contributed by atoms with Gasteiger partial charge in [-0.1, -0.05) is 18.2 Å². The minimum atomic E-state index is -0.861. The van der Waals surface area contributed by atoms with Gasteiger partial charge in [0.2, 0.25) is 0 Å². The molecule has 0 aromatic heterocycles. The summed E-state index contributed by atoms with van der Waals surface area (Å²) >= 11 is 0. The molecule has 0 aliphatic carbocycles. The highest BCUT2D eigenvalue weighted by atomic mass is 16.6. The van der Waals surface area contributed by atoms with E-state index < -0.39 is 27.6 Å². The van der Waals surface area contributed by atoms with Crippen molar-refractivity contribution >= 4 is 47.0 Å². The number of carbonyl (C=O) groups excluding carboxylic acids is 3. The van der Waals surface area contributed by atoms with E-state index in [1.165, 1.54) is 36.4 Å². The van der Waals surface area contributed by atoms with Gasteiger partial charge in [0.1, 0.15) is 11.3 Å². The van der Waals surface area contributed by atoms with Crippen LogP contribution in [0, 0.1) is 20.2 Å². The number of anilines is 1. The second-order valence-corrected chi connectivity index (χ2v) is 7.56. The van der Waals surface area contributed by atoms with Crippen LogP contribution in [0.1, 0.15) is 11.1 Å². The Morgan fingerprint density at radius 1 is 0.892 bits per heavy atom. The van der Waals surface area contributed by atoms with Crippen LogP contribution in [-0.4, -0.2) is 27.6 Å². The number of hydrazine groups is 1. The normalized spacial score (nSPS) is 14.2. The summed E-state index contributed by atoms with van der Waals surface area (Å²) in [5, 5.41) is 23.1. The Bertz CT molecular complexity index is 1480. The fourth-order valence-corrected chi connectivity index (χ4v) is 3.34. The van der Waals surface area contributed by atoms with Crippen molar-refractivity contribution in [2.75, 3.05) is 5.01 Å². The molecule has 1 fully saturated rings. The number of hydrogen-bond acceptors (Lipinski definition) is 8. The lowest BCUT2D eigenvalue weighted by molar-refractivity contribution is -0.385. The van der Waals surface area contributed by atoms with Crippen molar-refractivity contribution in [3.63, 3.8) is 0 Å². The Kier molecular flexibility index (Phi) is 6.82. The molecule has 184 valence electrons. The molecule has 4 rings (SSSR count). The molecule has 3 aromatic carbocycles. The summed E-state index contributed by atoms with van der Waals surface area (Å²) in [5.41, 5.74) is 2.50. The van der Waals surface area contributed by atoms with Gasteiger partial charge in [-0.3, -0.25) is 35.2 Å². The number of nitrogens with zero attached hydrogens (tertiary/aromatic N) is 3. The average molecular weight is 500 g/mol. The van der Waals surface area contributed by atoms with Crippen LogP contribution in [0.5, 0.6) is 5.75 Å². The molecule has 2 amide bonds. The first-order valence-corrected chi connectivity index (χ1v) is 10.6. The van der Waals surface area contributed by atoms with Crippen LogP contribution in [-0.2, 0) is 14.4 Å². The third-order valence-electron chi connectivity index (χ3n) is 5.14. The molecule has 1 aliphatic heterocycles. The van der Waals surface area contributed by atoms with Crippen LogP contribution >= 0.6 is 0 Å². The molecule has 1 heterocycles. The largest absolute Gasteiger partial charge is 0.423 e. The van der Waals surface area contributed by atoms with Crippen LogP contribution in [0.2, 0.25) is 0 Å². The Morgan fingerprint density at radius 3 is 2.19 bits per heavy atom. The van der Waals surface area contributed by atoms with Crippen molar-refractivity contribution in [3.05, 3.63) is 116 Å². The molecule has 0 spiro atoms. The van der Waals surface area contributed by atoms with E-state index in [1.807, 2.05) is 0 Å². The number of benzene rings is 3. The van der Waals surface area contributed by atoms with E-state index in [0.29, 0.717) is 11.3 Å². The van der Waals surface area contributed by atoms with Gasteiger partial charge < -0.3 is 4.74 Å². The molecular weight excluding hydrogens is 484 g/mol. The number of carbonyl (C=O) groups is 3. The molecule has 0 unspecified atom stereocenters. The summed E-state index contributed by atoms with van der Waals surface area (Å²) < 4.78 is 5.30. The number of amides is 2. The van der Waals surface area contributed by atoms with Crippen molar-refractivity contribution in [2.24, 2.45) is 0 Å². The van der Waals surface area contributed by atoms with Crippen molar-refractivity contribution in [1.82, 2.24) is 5.43 Å². The van der Waals surface area contributed by atoms with Crippen LogP contribution in [0.15, 0.2) is 84.4 Å². The van der Waals surface area contributed by atoms with Crippen LogP contribution in [0.25, 0.3) is 12.2 Å². The molecule has 12 nitrogen and oxygen atoms in total. The smallest absolute Gasteiger partial charge is 0.336 e. The van der Waals surface area contributed by atoms with Gasteiger partial charge in [0.05, 0.1) is 15.5 Å².